The second kappa shape index (κ2) is 8.38. The lowest BCUT2D eigenvalue weighted by molar-refractivity contribution is 0.563. The molecule has 0 unspecified atom stereocenters. The quantitative estimate of drug-likeness (QED) is 0.314. The van der Waals surface area contributed by atoms with Crippen LogP contribution in [0.25, 0.3) is 0 Å². The number of rotatable bonds is 0. The molecule has 0 spiro atoms. The molecule has 1 aliphatic rings. The fourth-order valence-electron chi connectivity index (χ4n) is 1.24. The Morgan fingerprint density at radius 1 is 0.800 bits per heavy atom. The van der Waals surface area contributed by atoms with Gasteiger partial charge in [-0.2, -0.15) is 0 Å². The van der Waals surface area contributed by atoms with E-state index in [-0.39, 0.29) is 0 Å². The first-order chi connectivity index (χ1) is 4.91. The highest BCUT2D eigenvalue weighted by molar-refractivity contribution is 5.26. The molecule has 0 atom stereocenters. The third-order valence-electron chi connectivity index (χ3n) is 1.75. The van der Waals surface area contributed by atoms with Gasteiger partial charge in [-0.1, -0.05) is 44.9 Å². The lowest BCUT2D eigenvalue weighted by Gasteiger charge is -1.85. The standard InChI is InChI=1S/C7H14.CHNO/c1-2-4-6-7-5-3-1;2-1-3/h1-7H2;2H. The van der Waals surface area contributed by atoms with E-state index in [0.717, 1.165) is 6.08 Å². The molecular weight excluding hydrogens is 126 g/mol. The lowest BCUT2D eigenvalue weighted by atomic mass is 10.2. The molecule has 0 radical (unpaired) electrons. The van der Waals surface area contributed by atoms with Gasteiger partial charge in [0.2, 0.25) is 6.08 Å². The highest BCUT2D eigenvalue weighted by atomic mass is 16.1. The molecule has 10 heavy (non-hydrogen) atoms. The van der Waals surface area contributed by atoms with Crippen LogP contribution in [-0.4, -0.2) is 6.08 Å². The Morgan fingerprint density at radius 2 is 0.900 bits per heavy atom. The molecule has 0 bridgehead atoms. The maximum atomic E-state index is 8.35. The van der Waals surface area contributed by atoms with Crippen LogP contribution in [0.3, 0.4) is 0 Å². The van der Waals surface area contributed by atoms with Crippen molar-refractivity contribution in [2.24, 2.45) is 0 Å². The van der Waals surface area contributed by atoms with Crippen LogP contribution < -0.4 is 0 Å². The van der Waals surface area contributed by atoms with Crippen molar-refractivity contribution in [1.29, 1.82) is 5.41 Å². The molecule has 1 rings (SSSR count). The molecule has 58 valence electrons. The summed E-state index contributed by atoms with van der Waals surface area (Å²) in [6, 6.07) is 0. The van der Waals surface area contributed by atoms with Crippen molar-refractivity contribution >= 4 is 6.08 Å². The molecule has 1 N–H and O–H groups in total. The first-order valence-corrected chi connectivity index (χ1v) is 3.95. The van der Waals surface area contributed by atoms with Gasteiger partial charge in [-0.3, -0.25) is 0 Å². The number of hydrogen-bond donors (Lipinski definition) is 1. The van der Waals surface area contributed by atoms with Crippen LogP contribution in [0.2, 0.25) is 0 Å². The Bertz CT molecular complexity index is 75.8. The molecule has 0 aromatic carbocycles. The Morgan fingerprint density at radius 3 is 1.00 bits per heavy atom. The molecule has 1 fully saturated rings. The molecule has 0 saturated heterocycles. The van der Waals surface area contributed by atoms with E-state index in [9.17, 15) is 0 Å². The average Bonchev–Trinajstić information content (AvgIpc) is 2.17. The predicted octanol–water partition coefficient (Wildman–Crippen LogP) is 2.63. The largest absolute Gasteiger partial charge is 0.231 e. The van der Waals surface area contributed by atoms with Crippen LogP contribution in [0.15, 0.2) is 0 Å². The summed E-state index contributed by atoms with van der Waals surface area (Å²) in [5, 5.41) is 5.40. The van der Waals surface area contributed by atoms with E-state index in [1.807, 2.05) is 0 Å². The number of hydrogen-bond acceptors (Lipinski definition) is 2. The molecular formula is C8H15NO. The second-order valence-corrected chi connectivity index (χ2v) is 2.58. The van der Waals surface area contributed by atoms with Crippen LogP contribution in [0.4, 0.5) is 0 Å². The minimum atomic E-state index is 0.750. The van der Waals surface area contributed by atoms with Gasteiger partial charge in [-0.15, -0.1) is 0 Å². The van der Waals surface area contributed by atoms with Gasteiger partial charge < -0.3 is 0 Å². The summed E-state index contributed by atoms with van der Waals surface area (Å²) in [7, 11) is 0. The SMILES string of the molecule is C1CCCCCC1.N=C=O. The van der Waals surface area contributed by atoms with Gasteiger partial charge in [-0.25, -0.2) is 10.2 Å². The van der Waals surface area contributed by atoms with E-state index in [1.165, 1.54) is 44.9 Å². The summed E-state index contributed by atoms with van der Waals surface area (Å²) in [5.41, 5.74) is 0. The van der Waals surface area contributed by atoms with Crippen LogP contribution >= 0.6 is 0 Å². The highest BCUT2D eigenvalue weighted by Gasteiger charge is 1.95. The van der Waals surface area contributed by atoms with E-state index >= 15 is 0 Å². The molecule has 1 aliphatic carbocycles. The molecule has 0 heterocycles. The van der Waals surface area contributed by atoms with Crippen molar-refractivity contribution in [3.05, 3.63) is 0 Å². The molecule has 0 aromatic rings. The summed E-state index contributed by atoms with van der Waals surface area (Å²) >= 11 is 0. The van der Waals surface area contributed by atoms with E-state index < -0.39 is 0 Å². The molecule has 0 aromatic heterocycles. The van der Waals surface area contributed by atoms with E-state index in [1.54, 1.807) is 0 Å². The van der Waals surface area contributed by atoms with Gasteiger partial charge in [0.25, 0.3) is 0 Å². The Labute approximate surface area is 62.1 Å². The Balaban J connectivity index is 0.000000236. The second-order valence-electron chi connectivity index (χ2n) is 2.58. The van der Waals surface area contributed by atoms with Gasteiger partial charge >= 0.3 is 0 Å². The van der Waals surface area contributed by atoms with Crippen molar-refractivity contribution in [3.8, 4) is 0 Å². The summed E-state index contributed by atoms with van der Waals surface area (Å²) in [6.07, 6.45) is 11.2. The Kier molecular flexibility index (Phi) is 7.86. The molecule has 2 nitrogen and oxygen atoms in total. The van der Waals surface area contributed by atoms with Gasteiger partial charge in [0.1, 0.15) is 0 Å². The normalized spacial score (nSPS) is 17.6. The molecule has 0 aliphatic heterocycles. The number of carbonyl (C=O) groups excluding carboxylic acids is 1. The minimum absolute atomic E-state index is 0.750. The van der Waals surface area contributed by atoms with Crippen molar-refractivity contribution in [2.45, 2.75) is 44.9 Å². The average molecular weight is 141 g/mol. The maximum Gasteiger partial charge on any atom is 0.231 e. The van der Waals surface area contributed by atoms with Crippen LogP contribution in [-0.2, 0) is 4.79 Å². The molecule has 1 saturated carbocycles. The molecule has 2 heteroatoms. The van der Waals surface area contributed by atoms with Gasteiger partial charge in [0, 0.05) is 0 Å². The third-order valence-corrected chi connectivity index (χ3v) is 1.75. The first-order valence-electron chi connectivity index (χ1n) is 3.95. The van der Waals surface area contributed by atoms with Crippen molar-refractivity contribution in [3.63, 3.8) is 0 Å². The molecule has 0 amide bonds. The van der Waals surface area contributed by atoms with Crippen LogP contribution in [0.1, 0.15) is 44.9 Å². The zero-order valence-electron chi connectivity index (χ0n) is 6.36. The van der Waals surface area contributed by atoms with Crippen LogP contribution in [0, 0.1) is 5.41 Å². The summed E-state index contributed by atoms with van der Waals surface area (Å²) in [5.74, 6) is 0. The monoisotopic (exact) mass is 141 g/mol. The van der Waals surface area contributed by atoms with Crippen molar-refractivity contribution in [1.82, 2.24) is 0 Å². The van der Waals surface area contributed by atoms with Crippen molar-refractivity contribution < 1.29 is 4.79 Å². The van der Waals surface area contributed by atoms with Crippen molar-refractivity contribution in [2.75, 3.05) is 0 Å². The smallest absolute Gasteiger partial charge is 0.222 e. The van der Waals surface area contributed by atoms with Crippen LogP contribution in [0.5, 0.6) is 0 Å². The zero-order valence-corrected chi connectivity index (χ0v) is 6.36. The number of nitrogens with one attached hydrogen (secondary N) is 1. The fourth-order valence-corrected chi connectivity index (χ4v) is 1.24. The van der Waals surface area contributed by atoms with Gasteiger partial charge in [0.15, 0.2) is 0 Å². The van der Waals surface area contributed by atoms with Gasteiger partial charge in [0.05, 0.1) is 0 Å². The van der Waals surface area contributed by atoms with Gasteiger partial charge in [-0.05, 0) is 0 Å². The predicted molar refractivity (Wildman–Crippen MR) is 40.7 cm³/mol. The highest BCUT2D eigenvalue weighted by Crippen LogP contribution is 2.15. The Hall–Kier alpha value is -0.620. The summed E-state index contributed by atoms with van der Waals surface area (Å²) in [4.78, 5) is 8.35. The topological polar surface area (TPSA) is 40.9 Å². The maximum absolute atomic E-state index is 8.35. The minimum Gasteiger partial charge on any atom is -0.222 e. The van der Waals surface area contributed by atoms with E-state index in [2.05, 4.69) is 0 Å². The number of isocyanates is 1. The third kappa shape index (κ3) is 7.38. The fraction of sp³-hybridized carbons (Fsp3) is 0.875. The van der Waals surface area contributed by atoms with E-state index in [4.69, 9.17) is 10.2 Å². The first kappa shape index (κ1) is 9.38. The summed E-state index contributed by atoms with van der Waals surface area (Å²) in [6.45, 7) is 0. The lowest BCUT2D eigenvalue weighted by Crippen LogP contribution is -1.66. The van der Waals surface area contributed by atoms with E-state index in [0.29, 0.717) is 0 Å². The summed E-state index contributed by atoms with van der Waals surface area (Å²) < 4.78 is 0. The zero-order chi connectivity index (χ0) is 7.66.